The van der Waals surface area contributed by atoms with E-state index in [2.05, 4.69) is 0 Å². The van der Waals surface area contributed by atoms with Crippen LogP contribution in [0.2, 0.25) is 0 Å². The molecule has 0 N–H and O–H groups in total. The molecule has 62 valence electrons. The van der Waals surface area contributed by atoms with Gasteiger partial charge < -0.3 is 0 Å². The van der Waals surface area contributed by atoms with Gasteiger partial charge in [0.05, 0.1) is 0 Å². The molecule has 2 rings (SSSR count). The van der Waals surface area contributed by atoms with E-state index in [1.165, 1.54) is 0 Å². The molecule has 0 heterocycles. The van der Waals surface area contributed by atoms with Crippen LogP contribution in [0.5, 0.6) is 0 Å². The zero-order valence-electron chi connectivity index (χ0n) is 6.59. The van der Waals surface area contributed by atoms with Gasteiger partial charge in [-0.15, -0.1) is 0 Å². The lowest BCUT2D eigenvalue weighted by molar-refractivity contribution is 0.112. The summed E-state index contributed by atoms with van der Waals surface area (Å²) >= 11 is 0. The first-order valence-corrected chi connectivity index (χ1v) is 4.04. The van der Waals surface area contributed by atoms with E-state index in [-0.39, 0.29) is 0 Å². The maximum Gasteiger partial charge on any atom is 0.150 e. The van der Waals surface area contributed by atoms with Gasteiger partial charge in [-0.2, -0.15) is 0 Å². The zero-order chi connectivity index (χ0) is 8.55. The molecular formula is C10H9FO. The number of alkyl halides is 1. The smallest absolute Gasteiger partial charge is 0.150 e. The van der Waals surface area contributed by atoms with Crippen molar-refractivity contribution in [1.29, 1.82) is 0 Å². The van der Waals surface area contributed by atoms with Gasteiger partial charge in [0.15, 0.2) is 0 Å². The first kappa shape index (κ1) is 7.47. The number of aldehydes is 1. The second kappa shape index (κ2) is 2.70. The molecule has 0 saturated heterocycles. The predicted molar refractivity (Wildman–Crippen MR) is 44.0 cm³/mol. The van der Waals surface area contributed by atoms with Crippen LogP contribution in [0.15, 0.2) is 18.2 Å². The van der Waals surface area contributed by atoms with Crippen LogP contribution >= 0.6 is 0 Å². The highest BCUT2D eigenvalue weighted by Crippen LogP contribution is 2.35. The third kappa shape index (κ3) is 0.951. The van der Waals surface area contributed by atoms with Gasteiger partial charge in [0.25, 0.3) is 0 Å². The average molecular weight is 164 g/mol. The summed E-state index contributed by atoms with van der Waals surface area (Å²) in [7, 11) is 0. The molecule has 0 saturated carbocycles. The summed E-state index contributed by atoms with van der Waals surface area (Å²) in [4.78, 5) is 10.5. The van der Waals surface area contributed by atoms with Crippen LogP contribution in [0.3, 0.4) is 0 Å². The van der Waals surface area contributed by atoms with Crippen molar-refractivity contribution < 1.29 is 9.18 Å². The number of carbonyl (C=O) groups excluding carboxylic acids is 1. The average Bonchev–Trinajstić information content (AvgIpc) is 2.48. The van der Waals surface area contributed by atoms with Crippen molar-refractivity contribution in [3.05, 3.63) is 34.9 Å². The van der Waals surface area contributed by atoms with Gasteiger partial charge in [-0.05, 0) is 24.0 Å². The van der Waals surface area contributed by atoms with E-state index in [0.717, 1.165) is 18.3 Å². The van der Waals surface area contributed by atoms with Gasteiger partial charge in [0.1, 0.15) is 12.5 Å². The molecule has 1 nitrogen and oxygen atoms in total. The van der Waals surface area contributed by atoms with Gasteiger partial charge in [-0.1, -0.05) is 18.2 Å². The lowest BCUT2D eigenvalue weighted by Crippen LogP contribution is -1.92. The second-order valence-electron chi connectivity index (χ2n) is 3.04. The quantitative estimate of drug-likeness (QED) is 0.582. The zero-order valence-corrected chi connectivity index (χ0v) is 6.59. The molecule has 0 aliphatic heterocycles. The summed E-state index contributed by atoms with van der Waals surface area (Å²) in [5, 5.41) is 0. The normalized spacial score (nSPS) is 20.6. The topological polar surface area (TPSA) is 17.1 Å². The Morgan fingerprint density at radius 1 is 1.50 bits per heavy atom. The standard InChI is InChI=1S/C10H9FO/c11-9-5-4-7-2-1-3-8(6-12)10(7)9/h1-3,6,9H,4-5H2. The fourth-order valence-electron chi connectivity index (χ4n) is 1.76. The van der Waals surface area contributed by atoms with Crippen molar-refractivity contribution in [1.82, 2.24) is 0 Å². The minimum atomic E-state index is -0.929. The largest absolute Gasteiger partial charge is 0.298 e. The molecule has 1 aliphatic rings. The number of fused-ring (bicyclic) bond motifs is 1. The highest BCUT2D eigenvalue weighted by molar-refractivity contribution is 5.78. The first-order chi connectivity index (χ1) is 5.83. The molecule has 1 unspecified atom stereocenters. The highest BCUT2D eigenvalue weighted by atomic mass is 19.1. The summed E-state index contributed by atoms with van der Waals surface area (Å²) in [6.07, 6.45) is 1.09. The van der Waals surface area contributed by atoms with E-state index in [1.54, 1.807) is 12.1 Å². The molecule has 0 spiro atoms. The number of hydrogen-bond donors (Lipinski definition) is 0. The Balaban J connectivity index is 2.60. The first-order valence-electron chi connectivity index (χ1n) is 4.04. The number of hydrogen-bond acceptors (Lipinski definition) is 1. The number of benzene rings is 1. The summed E-state index contributed by atoms with van der Waals surface area (Å²) in [5.74, 6) is 0. The molecule has 1 aromatic carbocycles. The number of carbonyl (C=O) groups is 1. The van der Waals surface area contributed by atoms with Crippen molar-refractivity contribution in [2.75, 3.05) is 0 Å². The predicted octanol–water partition coefficient (Wildman–Crippen LogP) is 2.46. The van der Waals surface area contributed by atoms with Gasteiger partial charge in [0.2, 0.25) is 0 Å². The Hall–Kier alpha value is -1.18. The van der Waals surface area contributed by atoms with Gasteiger partial charge >= 0.3 is 0 Å². The minimum absolute atomic E-state index is 0.512. The Kier molecular flexibility index (Phi) is 1.68. The van der Waals surface area contributed by atoms with E-state index >= 15 is 0 Å². The van der Waals surface area contributed by atoms with Crippen LogP contribution in [0.4, 0.5) is 4.39 Å². The van der Waals surface area contributed by atoms with Crippen LogP contribution in [0.1, 0.15) is 34.1 Å². The Bertz CT molecular complexity index is 320. The molecule has 12 heavy (non-hydrogen) atoms. The van der Waals surface area contributed by atoms with Crippen molar-refractivity contribution >= 4 is 6.29 Å². The Labute approximate surface area is 70.2 Å². The summed E-state index contributed by atoms with van der Waals surface area (Å²) in [6.45, 7) is 0. The van der Waals surface area contributed by atoms with E-state index in [0.29, 0.717) is 17.5 Å². The summed E-state index contributed by atoms with van der Waals surface area (Å²) < 4.78 is 13.2. The fourth-order valence-corrected chi connectivity index (χ4v) is 1.76. The van der Waals surface area contributed by atoms with Crippen molar-refractivity contribution in [3.8, 4) is 0 Å². The molecule has 0 fully saturated rings. The van der Waals surface area contributed by atoms with E-state index in [9.17, 15) is 9.18 Å². The van der Waals surface area contributed by atoms with E-state index in [4.69, 9.17) is 0 Å². The van der Waals surface area contributed by atoms with Crippen LogP contribution < -0.4 is 0 Å². The van der Waals surface area contributed by atoms with Gasteiger partial charge in [-0.25, -0.2) is 4.39 Å². The Morgan fingerprint density at radius 3 is 3.08 bits per heavy atom. The second-order valence-corrected chi connectivity index (χ2v) is 3.04. The number of halogens is 1. The molecule has 0 aromatic heterocycles. The maximum absolute atomic E-state index is 13.2. The van der Waals surface area contributed by atoms with Gasteiger partial charge in [0, 0.05) is 5.56 Å². The monoisotopic (exact) mass is 164 g/mol. The molecule has 1 atom stereocenters. The van der Waals surface area contributed by atoms with Crippen LogP contribution in [-0.2, 0) is 6.42 Å². The molecule has 1 aliphatic carbocycles. The molecular weight excluding hydrogens is 155 g/mol. The van der Waals surface area contributed by atoms with Crippen LogP contribution in [-0.4, -0.2) is 6.29 Å². The lowest BCUT2D eigenvalue weighted by atomic mass is 10.0. The fraction of sp³-hybridized carbons (Fsp3) is 0.300. The molecule has 0 amide bonds. The van der Waals surface area contributed by atoms with Crippen molar-refractivity contribution in [3.63, 3.8) is 0 Å². The van der Waals surface area contributed by atoms with Gasteiger partial charge in [-0.3, -0.25) is 4.79 Å². The van der Waals surface area contributed by atoms with E-state index in [1.807, 2.05) is 6.07 Å². The Morgan fingerprint density at radius 2 is 2.33 bits per heavy atom. The minimum Gasteiger partial charge on any atom is -0.298 e. The lowest BCUT2D eigenvalue weighted by Gasteiger charge is -2.03. The molecule has 2 heteroatoms. The van der Waals surface area contributed by atoms with Crippen LogP contribution in [0, 0.1) is 0 Å². The molecule has 0 radical (unpaired) electrons. The molecule has 0 bridgehead atoms. The van der Waals surface area contributed by atoms with Crippen molar-refractivity contribution in [2.45, 2.75) is 19.0 Å². The summed E-state index contributed by atoms with van der Waals surface area (Å²) in [6, 6.07) is 5.37. The van der Waals surface area contributed by atoms with Crippen molar-refractivity contribution in [2.24, 2.45) is 0 Å². The maximum atomic E-state index is 13.2. The third-order valence-corrected chi connectivity index (χ3v) is 2.34. The van der Waals surface area contributed by atoms with Crippen LogP contribution in [0.25, 0.3) is 0 Å². The van der Waals surface area contributed by atoms with E-state index < -0.39 is 6.17 Å². The molecule has 1 aromatic rings. The summed E-state index contributed by atoms with van der Waals surface area (Å²) in [5.41, 5.74) is 2.12. The SMILES string of the molecule is O=Cc1cccc2c1C(F)CC2. The number of aryl methyl sites for hydroxylation is 1. The highest BCUT2D eigenvalue weighted by Gasteiger charge is 2.24. The third-order valence-electron chi connectivity index (χ3n) is 2.34. The number of rotatable bonds is 1.